The summed E-state index contributed by atoms with van der Waals surface area (Å²) in [5, 5.41) is 2.80. The number of sulfonamides is 1. The maximum atomic E-state index is 12.7. The van der Waals surface area contributed by atoms with Crippen LogP contribution >= 0.6 is 0 Å². The first-order valence-electron chi connectivity index (χ1n) is 12.4. The fraction of sp³-hybridized carbons (Fsp3) is 0.286. The molecule has 1 heterocycles. The van der Waals surface area contributed by atoms with Crippen molar-refractivity contribution in [2.24, 2.45) is 0 Å². The lowest BCUT2D eigenvalue weighted by atomic mass is 10.1. The fourth-order valence-electron chi connectivity index (χ4n) is 3.48. The summed E-state index contributed by atoms with van der Waals surface area (Å²) >= 11 is 0. The van der Waals surface area contributed by atoms with Gasteiger partial charge in [-0.1, -0.05) is 50.1 Å². The Morgan fingerprint density at radius 1 is 0.868 bits per heavy atom. The van der Waals surface area contributed by atoms with Gasteiger partial charge in [0.2, 0.25) is 0 Å². The lowest BCUT2D eigenvalue weighted by molar-refractivity contribution is -0.145. The highest BCUT2D eigenvalue weighted by molar-refractivity contribution is 7.90. The van der Waals surface area contributed by atoms with Crippen LogP contribution in [0.15, 0.2) is 77.8 Å². The van der Waals surface area contributed by atoms with E-state index in [0.717, 1.165) is 24.8 Å². The lowest BCUT2D eigenvalue weighted by Crippen LogP contribution is -2.31. The van der Waals surface area contributed by atoms with Crippen LogP contribution in [0, 0.1) is 0 Å². The number of rotatable bonds is 13. The SMILES string of the molecule is CCCCCC(=O)OCc1ccc(C(=O)NS(=O)(=O)c2ccc(C(=O)NCCc3ccccc3)cc2)cn1. The van der Waals surface area contributed by atoms with Crippen LogP contribution in [0.1, 0.15) is 64.6 Å². The highest BCUT2D eigenvalue weighted by Gasteiger charge is 2.20. The number of hydrogen-bond acceptors (Lipinski definition) is 7. The van der Waals surface area contributed by atoms with Gasteiger partial charge < -0.3 is 10.1 Å². The standard InChI is InChI=1S/C28H31N3O6S/c1-2-3-5-10-26(32)37-20-24-14-11-23(19-30-24)28(34)31-38(35,36)25-15-12-22(13-16-25)27(33)29-18-17-21-8-6-4-7-9-21/h4,6-9,11-16,19H,2-3,5,10,17-18,20H2,1H3,(H,29,33)(H,31,34). The van der Waals surface area contributed by atoms with E-state index in [1.807, 2.05) is 42.0 Å². The van der Waals surface area contributed by atoms with E-state index >= 15 is 0 Å². The van der Waals surface area contributed by atoms with Gasteiger partial charge in [0.05, 0.1) is 16.2 Å². The number of ether oxygens (including phenoxy) is 1. The number of nitrogens with zero attached hydrogens (tertiary/aromatic N) is 1. The van der Waals surface area contributed by atoms with Gasteiger partial charge >= 0.3 is 5.97 Å². The number of carbonyl (C=O) groups excluding carboxylic acids is 3. The average molecular weight is 538 g/mol. The summed E-state index contributed by atoms with van der Waals surface area (Å²) in [5.41, 5.74) is 1.86. The molecule has 2 amide bonds. The Morgan fingerprint density at radius 3 is 2.24 bits per heavy atom. The molecule has 0 bridgehead atoms. The molecule has 0 saturated heterocycles. The molecule has 200 valence electrons. The van der Waals surface area contributed by atoms with Gasteiger partial charge in [0, 0.05) is 24.7 Å². The van der Waals surface area contributed by atoms with E-state index in [9.17, 15) is 22.8 Å². The second-order valence-electron chi connectivity index (χ2n) is 8.61. The van der Waals surface area contributed by atoms with E-state index in [1.165, 1.54) is 42.6 Å². The maximum Gasteiger partial charge on any atom is 0.306 e. The highest BCUT2D eigenvalue weighted by Crippen LogP contribution is 2.12. The predicted molar refractivity (Wildman–Crippen MR) is 142 cm³/mol. The van der Waals surface area contributed by atoms with Gasteiger partial charge in [-0.3, -0.25) is 19.4 Å². The van der Waals surface area contributed by atoms with Crippen LogP contribution in [0.2, 0.25) is 0 Å². The number of unbranched alkanes of at least 4 members (excludes halogenated alkanes) is 2. The van der Waals surface area contributed by atoms with Crippen molar-refractivity contribution in [3.05, 3.63) is 95.3 Å². The molecule has 1 aromatic heterocycles. The molecule has 0 unspecified atom stereocenters. The Labute approximate surface area is 222 Å². The molecule has 0 spiro atoms. The average Bonchev–Trinajstić information content (AvgIpc) is 2.92. The molecular weight excluding hydrogens is 506 g/mol. The molecule has 38 heavy (non-hydrogen) atoms. The van der Waals surface area contributed by atoms with Gasteiger partial charge in [-0.25, -0.2) is 13.1 Å². The number of nitrogens with one attached hydrogen (secondary N) is 2. The third-order valence-corrected chi connectivity index (χ3v) is 7.00. The third kappa shape index (κ3) is 8.81. The monoisotopic (exact) mass is 537 g/mol. The second-order valence-corrected chi connectivity index (χ2v) is 10.3. The van der Waals surface area contributed by atoms with Crippen molar-refractivity contribution in [3.63, 3.8) is 0 Å². The summed E-state index contributed by atoms with van der Waals surface area (Å²) in [5.74, 6) is -1.50. The zero-order chi connectivity index (χ0) is 27.4. The Balaban J connectivity index is 1.50. The van der Waals surface area contributed by atoms with E-state index in [1.54, 1.807) is 0 Å². The van der Waals surface area contributed by atoms with E-state index in [-0.39, 0.29) is 28.9 Å². The first-order chi connectivity index (χ1) is 18.3. The number of benzene rings is 2. The van der Waals surface area contributed by atoms with Crippen LogP contribution in [0.25, 0.3) is 0 Å². The minimum Gasteiger partial charge on any atom is -0.459 e. The molecule has 0 atom stereocenters. The highest BCUT2D eigenvalue weighted by atomic mass is 32.2. The number of pyridine rings is 1. The van der Waals surface area contributed by atoms with E-state index < -0.39 is 15.9 Å². The third-order valence-electron chi connectivity index (χ3n) is 5.65. The van der Waals surface area contributed by atoms with Gasteiger partial charge in [0.25, 0.3) is 21.8 Å². The largest absolute Gasteiger partial charge is 0.459 e. The first kappa shape index (κ1) is 28.5. The smallest absolute Gasteiger partial charge is 0.306 e. The lowest BCUT2D eigenvalue weighted by Gasteiger charge is -2.09. The van der Waals surface area contributed by atoms with E-state index in [0.29, 0.717) is 30.6 Å². The number of aromatic nitrogens is 1. The van der Waals surface area contributed by atoms with E-state index in [4.69, 9.17) is 4.74 Å². The normalized spacial score (nSPS) is 11.0. The Morgan fingerprint density at radius 2 is 1.58 bits per heavy atom. The quantitative estimate of drug-likeness (QED) is 0.250. The summed E-state index contributed by atoms with van der Waals surface area (Å²) in [6.45, 7) is 2.45. The Kier molecular flexibility index (Phi) is 10.5. The minimum absolute atomic E-state index is 0.0287. The van der Waals surface area contributed by atoms with Gasteiger partial charge in [0.15, 0.2) is 0 Å². The van der Waals surface area contributed by atoms with Gasteiger partial charge in [-0.2, -0.15) is 0 Å². The molecular formula is C28H31N3O6S. The molecule has 0 aliphatic rings. The summed E-state index contributed by atoms with van der Waals surface area (Å²) in [6, 6.07) is 17.9. The molecule has 3 rings (SSSR count). The zero-order valence-electron chi connectivity index (χ0n) is 21.2. The van der Waals surface area contributed by atoms with Crippen LogP contribution in [0.5, 0.6) is 0 Å². The molecule has 10 heteroatoms. The molecule has 2 N–H and O–H groups in total. The molecule has 2 aromatic carbocycles. The molecule has 0 saturated carbocycles. The topological polar surface area (TPSA) is 132 Å². The maximum absolute atomic E-state index is 12.7. The molecule has 0 radical (unpaired) electrons. The van der Waals surface area contributed by atoms with Gasteiger partial charge in [0.1, 0.15) is 6.61 Å². The number of amides is 2. The summed E-state index contributed by atoms with van der Waals surface area (Å²) < 4.78 is 32.5. The number of esters is 1. The summed E-state index contributed by atoms with van der Waals surface area (Å²) in [4.78, 5) is 40.5. The molecule has 0 fully saturated rings. The van der Waals surface area contributed by atoms with E-state index in [2.05, 4.69) is 10.3 Å². The summed E-state index contributed by atoms with van der Waals surface area (Å²) in [6.07, 6.45) is 4.95. The number of hydrogen-bond donors (Lipinski definition) is 2. The molecule has 9 nitrogen and oxygen atoms in total. The van der Waals surface area contributed by atoms with Crippen molar-refractivity contribution in [2.75, 3.05) is 6.54 Å². The fourth-order valence-corrected chi connectivity index (χ4v) is 4.46. The van der Waals surface area contributed by atoms with Crippen molar-refractivity contribution in [1.82, 2.24) is 15.0 Å². The van der Waals surface area contributed by atoms with Crippen molar-refractivity contribution in [2.45, 2.75) is 50.5 Å². The second kappa shape index (κ2) is 14.0. The van der Waals surface area contributed by atoms with Crippen molar-refractivity contribution >= 4 is 27.8 Å². The van der Waals surface area contributed by atoms with Crippen LogP contribution in [-0.4, -0.2) is 37.7 Å². The predicted octanol–water partition coefficient (Wildman–Crippen LogP) is 3.80. The Bertz CT molecular complexity index is 1330. The molecule has 0 aliphatic carbocycles. The van der Waals surface area contributed by atoms with Crippen LogP contribution < -0.4 is 10.0 Å². The van der Waals surface area contributed by atoms with Crippen LogP contribution in [0.3, 0.4) is 0 Å². The minimum atomic E-state index is -4.17. The van der Waals surface area contributed by atoms with Crippen molar-refractivity contribution in [3.8, 4) is 0 Å². The van der Waals surface area contributed by atoms with Crippen molar-refractivity contribution in [1.29, 1.82) is 0 Å². The zero-order valence-corrected chi connectivity index (χ0v) is 22.0. The van der Waals surface area contributed by atoms with Crippen molar-refractivity contribution < 1.29 is 27.5 Å². The molecule has 3 aromatic rings. The Hall–Kier alpha value is -4.05. The number of carbonyl (C=O) groups is 3. The first-order valence-corrected chi connectivity index (χ1v) is 13.9. The van der Waals surface area contributed by atoms with Crippen LogP contribution in [-0.2, 0) is 32.6 Å². The molecule has 0 aliphatic heterocycles. The summed E-state index contributed by atoms with van der Waals surface area (Å²) in [7, 11) is -4.17. The van der Waals surface area contributed by atoms with Gasteiger partial charge in [-0.15, -0.1) is 0 Å². The van der Waals surface area contributed by atoms with Gasteiger partial charge in [-0.05, 0) is 54.8 Å². The van der Waals surface area contributed by atoms with Crippen LogP contribution in [0.4, 0.5) is 0 Å².